The van der Waals surface area contributed by atoms with Crippen molar-refractivity contribution in [1.29, 1.82) is 0 Å². The van der Waals surface area contributed by atoms with Crippen LogP contribution in [0.1, 0.15) is 12.5 Å². The van der Waals surface area contributed by atoms with E-state index < -0.39 is 17.8 Å². The highest BCUT2D eigenvalue weighted by atomic mass is 79.9. The van der Waals surface area contributed by atoms with E-state index in [0.29, 0.717) is 39.6 Å². The van der Waals surface area contributed by atoms with E-state index in [9.17, 15) is 19.2 Å². The summed E-state index contributed by atoms with van der Waals surface area (Å²) in [7, 11) is 1.51. The van der Waals surface area contributed by atoms with Crippen LogP contribution in [-0.2, 0) is 14.4 Å². The van der Waals surface area contributed by atoms with Gasteiger partial charge in [-0.15, -0.1) is 0 Å². The fraction of sp³-hybridized carbons (Fsp3) is 0.143. The van der Waals surface area contributed by atoms with Gasteiger partial charge < -0.3 is 19.5 Å². The van der Waals surface area contributed by atoms with Gasteiger partial charge in [-0.3, -0.25) is 19.7 Å². The average molecular weight is 594 g/mol. The van der Waals surface area contributed by atoms with Gasteiger partial charge in [0.1, 0.15) is 22.8 Å². The standard InChI is InChI=1S/C28H24BrN3O7/c1-3-38-19-11-9-18(10-12-19)32-27(35)20(26(34)31-28(32)36)14-17-8-13-23(21(29)15-17)39-16-25(33)30-22-6-4-5-7-24(22)37-2/h4-15H,3,16H2,1-2H3,(H,30,33)(H,31,34,36)/b20-14+. The normalized spacial score (nSPS) is 14.2. The molecule has 3 aromatic carbocycles. The number of ether oxygens (including phenoxy) is 3. The summed E-state index contributed by atoms with van der Waals surface area (Å²) < 4.78 is 16.7. The number of barbiturate groups is 1. The van der Waals surface area contributed by atoms with E-state index in [1.807, 2.05) is 6.92 Å². The van der Waals surface area contributed by atoms with Crippen LogP contribution in [0.3, 0.4) is 0 Å². The number of carbonyl (C=O) groups excluding carboxylic acids is 4. The Balaban J connectivity index is 1.46. The molecule has 0 saturated carbocycles. The van der Waals surface area contributed by atoms with Crippen molar-refractivity contribution in [3.8, 4) is 17.2 Å². The van der Waals surface area contributed by atoms with Crippen molar-refractivity contribution in [2.75, 3.05) is 30.5 Å². The van der Waals surface area contributed by atoms with Crippen molar-refractivity contribution in [3.63, 3.8) is 0 Å². The zero-order valence-corrected chi connectivity index (χ0v) is 22.6. The van der Waals surface area contributed by atoms with E-state index in [0.717, 1.165) is 4.90 Å². The second-order valence-corrected chi connectivity index (χ2v) is 8.97. The molecule has 10 nitrogen and oxygen atoms in total. The molecule has 2 N–H and O–H groups in total. The van der Waals surface area contributed by atoms with Crippen molar-refractivity contribution in [2.24, 2.45) is 0 Å². The van der Waals surface area contributed by atoms with Gasteiger partial charge in [-0.2, -0.15) is 0 Å². The molecule has 0 aromatic heterocycles. The Bertz CT molecular complexity index is 1450. The number of carbonyl (C=O) groups is 4. The quantitative estimate of drug-likeness (QED) is 0.276. The van der Waals surface area contributed by atoms with Crippen LogP contribution in [-0.4, -0.2) is 44.1 Å². The molecule has 1 fully saturated rings. The molecule has 0 radical (unpaired) electrons. The largest absolute Gasteiger partial charge is 0.495 e. The number of anilines is 2. The van der Waals surface area contributed by atoms with E-state index in [1.165, 1.54) is 13.2 Å². The second kappa shape index (κ2) is 12.3. The Morgan fingerprint density at radius 2 is 1.74 bits per heavy atom. The topological polar surface area (TPSA) is 123 Å². The number of nitrogens with zero attached hydrogens (tertiary/aromatic N) is 1. The lowest BCUT2D eigenvalue weighted by Gasteiger charge is -2.26. The molecule has 1 aliphatic rings. The van der Waals surface area contributed by atoms with Crippen molar-refractivity contribution in [3.05, 3.63) is 82.3 Å². The summed E-state index contributed by atoms with van der Waals surface area (Å²) in [5.41, 5.74) is 1.07. The third-order valence-corrected chi connectivity index (χ3v) is 6.13. The monoisotopic (exact) mass is 593 g/mol. The Morgan fingerprint density at radius 3 is 2.44 bits per heavy atom. The number of amides is 5. The minimum Gasteiger partial charge on any atom is -0.495 e. The van der Waals surface area contributed by atoms with E-state index in [2.05, 4.69) is 26.6 Å². The summed E-state index contributed by atoms with van der Waals surface area (Å²) in [4.78, 5) is 51.3. The fourth-order valence-corrected chi connectivity index (χ4v) is 4.23. The van der Waals surface area contributed by atoms with Crippen molar-refractivity contribution in [2.45, 2.75) is 6.92 Å². The molecular formula is C28H24BrN3O7. The number of halogens is 1. The lowest BCUT2D eigenvalue weighted by atomic mass is 10.1. The highest BCUT2D eigenvalue weighted by Gasteiger charge is 2.36. The minimum atomic E-state index is -0.845. The number of benzene rings is 3. The molecule has 5 amide bonds. The van der Waals surface area contributed by atoms with Crippen LogP contribution in [0.5, 0.6) is 17.2 Å². The van der Waals surface area contributed by atoms with Gasteiger partial charge in [0.2, 0.25) is 0 Å². The zero-order valence-electron chi connectivity index (χ0n) is 21.0. The molecule has 3 aromatic rings. The smallest absolute Gasteiger partial charge is 0.335 e. The number of para-hydroxylation sites is 2. The summed E-state index contributed by atoms with van der Waals surface area (Å²) in [5, 5.41) is 4.92. The van der Waals surface area contributed by atoms with Crippen molar-refractivity contribution < 1.29 is 33.4 Å². The summed E-state index contributed by atoms with van der Waals surface area (Å²) in [6.07, 6.45) is 1.37. The van der Waals surface area contributed by atoms with Gasteiger partial charge in [0, 0.05) is 0 Å². The molecule has 0 spiro atoms. The van der Waals surface area contributed by atoms with E-state index in [1.54, 1.807) is 66.7 Å². The highest BCUT2D eigenvalue weighted by molar-refractivity contribution is 9.10. The maximum atomic E-state index is 13.1. The lowest BCUT2D eigenvalue weighted by molar-refractivity contribution is -0.122. The number of rotatable bonds is 9. The van der Waals surface area contributed by atoms with Crippen LogP contribution in [0.15, 0.2) is 76.8 Å². The molecule has 11 heteroatoms. The van der Waals surface area contributed by atoms with E-state index in [4.69, 9.17) is 14.2 Å². The number of imide groups is 2. The summed E-state index contributed by atoms with van der Waals surface area (Å²) in [6.45, 7) is 2.05. The minimum absolute atomic E-state index is 0.222. The molecular weight excluding hydrogens is 570 g/mol. The first-order valence-electron chi connectivity index (χ1n) is 11.8. The molecule has 0 aliphatic carbocycles. The van der Waals surface area contributed by atoms with E-state index >= 15 is 0 Å². The van der Waals surface area contributed by atoms with Gasteiger partial charge in [0.15, 0.2) is 6.61 Å². The van der Waals surface area contributed by atoms with Gasteiger partial charge in [-0.25, -0.2) is 9.69 Å². The van der Waals surface area contributed by atoms with Gasteiger partial charge in [-0.05, 0) is 83.0 Å². The predicted octanol–water partition coefficient (Wildman–Crippen LogP) is 4.54. The molecule has 39 heavy (non-hydrogen) atoms. The van der Waals surface area contributed by atoms with Crippen LogP contribution in [0.2, 0.25) is 0 Å². The molecule has 1 aliphatic heterocycles. The Hall–Kier alpha value is -4.64. The molecule has 0 unspecified atom stereocenters. The SMILES string of the molecule is CCOc1ccc(N2C(=O)NC(=O)/C(=C\c3ccc(OCC(=O)Nc4ccccc4OC)c(Br)c3)C2=O)cc1. The first-order chi connectivity index (χ1) is 18.8. The number of urea groups is 1. The van der Waals surface area contributed by atoms with Crippen molar-refractivity contribution >= 4 is 57.1 Å². The zero-order chi connectivity index (χ0) is 27.9. The predicted molar refractivity (Wildman–Crippen MR) is 148 cm³/mol. The molecule has 1 saturated heterocycles. The Labute approximate surface area is 232 Å². The maximum Gasteiger partial charge on any atom is 0.335 e. The summed E-state index contributed by atoms with van der Waals surface area (Å²) in [6, 6.07) is 17.4. The van der Waals surface area contributed by atoms with Gasteiger partial charge in [0.25, 0.3) is 17.7 Å². The Kier molecular flexibility index (Phi) is 8.62. The summed E-state index contributed by atoms with van der Waals surface area (Å²) >= 11 is 3.39. The summed E-state index contributed by atoms with van der Waals surface area (Å²) in [5.74, 6) is -0.482. The molecule has 200 valence electrons. The van der Waals surface area contributed by atoms with Gasteiger partial charge in [0.05, 0.1) is 29.6 Å². The van der Waals surface area contributed by atoms with Crippen LogP contribution in [0.25, 0.3) is 6.08 Å². The van der Waals surface area contributed by atoms with Crippen molar-refractivity contribution in [1.82, 2.24) is 5.32 Å². The number of methoxy groups -OCH3 is 1. The first kappa shape index (κ1) is 27.4. The third-order valence-electron chi connectivity index (χ3n) is 5.51. The van der Waals surface area contributed by atoms with Gasteiger partial charge in [-0.1, -0.05) is 18.2 Å². The van der Waals surface area contributed by atoms with Crippen LogP contribution < -0.4 is 29.7 Å². The van der Waals surface area contributed by atoms with Crippen LogP contribution in [0, 0.1) is 0 Å². The molecule has 1 heterocycles. The van der Waals surface area contributed by atoms with E-state index in [-0.39, 0.29) is 23.8 Å². The fourth-order valence-electron chi connectivity index (χ4n) is 3.72. The van der Waals surface area contributed by atoms with Gasteiger partial charge >= 0.3 is 6.03 Å². The average Bonchev–Trinajstić information content (AvgIpc) is 2.92. The van der Waals surface area contributed by atoms with Crippen LogP contribution >= 0.6 is 15.9 Å². The highest BCUT2D eigenvalue weighted by Crippen LogP contribution is 2.29. The van der Waals surface area contributed by atoms with Crippen LogP contribution in [0.4, 0.5) is 16.2 Å². The molecule has 0 bridgehead atoms. The lowest BCUT2D eigenvalue weighted by Crippen LogP contribution is -2.54. The molecule has 4 rings (SSSR count). The first-order valence-corrected chi connectivity index (χ1v) is 12.6. The number of hydrogen-bond donors (Lipinski definition) is 2. The maximum absolute atomic E-state index is 13.1. The number of hydrogen-bond acceptors (Lipinski definition) is 7. The third kappa shape index (κ3) is 6.44. The second-order valence-electron chi connectivity index (χ2n) is 8.11. The Morgan fingerprint density at radius 1 is 1.00 bits per heavy atom. The number of nitrogens with one attached hydrogen (secondary N) is 2. The molecule has 0 atom stereocenters.